The first kappa shape index (κ1) is 15.9. The molecule has 1 aromatic carbocycles. The van der Waals surface area contributed by atoms with Crippen molar-refractivity contribution in [3.63, 3.8) is 0 Å². The predicted molar refractivity (Wildman–Crippen MR) is 77.3 cm³/mol. The third-order valence-corrected chi connectivity index (χ3v) is 5.55. The fourth-order valence-corrected chi connectivity index (χ4v) is 4.16. The summed E-state index contributed by atoms with van der Waals surface area (Å²) < 4.78 is 31.3. The second-order valence-corrected chi connectivity index (χ2v) is 7.11. The van der Waals surface area contributed by atoms with Crippen molar-refractivity contribution in [2.45, 2.75) is 12.5 Å². The highest BCUT2D eigenvalue weighted by atomic mass is 32.2. The first-order valence-electron chi connectivity index (χ1n) is 6.72. The smallest absolute Gasteiger partial charge is 0.307 e. The van der Waals surface area contributed by atoms with Gasteiger partial charge in [0.25, 0.3) is 0 Å². The van der Waals surface area contributed by atoms with Gasteiger partial charge in [0.2, 0.25) is 10.0 Å². The summed E-state index contributed by atoms with van der Waals surface area (Å²) in [6.45, 7) is 0.299. The summed E-state index contributed by atoms with van der Waals surface area (Å²) in [5.41, 5.74) is 0.789. The maximum Gasteiger partial charge on any atom is 0.307 e. The molecule has 2 unspecified atom stereocenters. The van der Waals surface area contributed by atoms with Crippen LogP contribution in [0.4, 0.5) is 0 Å². The van der Waals surface area contributed by atoms with Gasteiger partial charge in [-0.05, 0) is 12.0 Å². The normalized spacial score (nSPS) is 21.3. The second-order valence-electron chi connectivity index (χ2n) is 5.10. The molecular formula is C14H19NO5S. The SMILES string of the molecule is COC(CS(=O)(=O)N1CCC(C(=O)O)C1)c1ccccc1. The number of methoxy groups -OCH3 is 1. The molecule has 1 aliphatic heterocycles. The van der Waals surface area contributed by atoms with Crippen LogP contribution >= 0.6 is 0 Å². The summed E-state index contributed by atoms with van der Waals surface area (Å²) in [5.74, 6) is -1.74. The lowest BCUT2D eigenvalue weighted by molar-refractivity contribution is -0.141. The molecule has 116 valence electrons. The van der Waals surface area contributed by atoms with Gasteiger partial charge in [-0.3, -0.25) is 4.79 Å². The van der Waals surface area contributed by atoms with Gasteiger partial charge in [0, 0.05) is 20.2 Å². The van der Waals surface area contributed by atoms with Crippen molar-refractivity contribution in [1.82, 2.24) is 4.31 Å². The summed E-state index contributed by atoms with van der Waals surface area (Å²) in [7, 11) is -2.07. The number of carbonyl (C=O) groups is 1. The summed E-state index contributed by atoms with van der Waals surface area (Å²) >= 11 is 0. The van der Waals surface area contributed by atoms with Gasteiger partial charge in [-0.2, -0.15) is 0 Å². The van der Waals surface area contributed by atoms with Gasteiger partial charge in [-0.15, -0.1) is 0 Å². The number of sulfonamides is 1. The first-order valence-corrected chi connectivity index (χ1v) is 8.33. The molecule has 1 aliphatic rings. The van der Waals surface area contributed by atoms with Crippen LogP contribution in [0.15, 0.2) is 30.3 Å². The van der Waals surface area contributed by atoms with Crippen molar-refractivity contribution in [3.8, 4) is 0 Å². The van der Waals surface area contributed by atoms with Crippen molar-refractivity contribution in [2.75, 3.05) is 26.0 Å². The molecule has 0 bridgehead atoms. The maximum absolute atomic E-state index is 12.4. The number of nitrogens with zero attached hydrogens (tertiary/aromatic N) is 1. The Labute approximate surface area is 124 Å². The fraction of sp³-hybridized carbons (Fsp3) is 0.500. The Morgan fingerprint density at radius 3 is 2.62 bits per heavy atom. The van der Waals surface area contributed by atoms with Crippen LogP contribution in [0, 0.1) is 5.92 Å². The molecule has 1 fully saturated rings. The van der Waals surface area contributed by atoms with Crippen molar-refractivity contribution < 1.29 is 23.1 Å². The second kappa shape index (κ2) is 6.55. The topological polar surface area (TPSA) is 83.9 Å². The third-order valence-electron chi connectivity index (χ3n) is 3.71. The zero-order chi connectivity index (χ0) is 15.5. The van der Waals surface area contributed by atoms with Crippen LogP contribution in [0.3, 0.4) is 0 Å². The van der Waals surface area contributed by atoms with Crippen LogP contribution in [0.25, 0.3) is 0 Å². The minimum atomic E-state index is -3.54. The number of rotatable bonds is 6. The minimum Gasteiger partial charge on any atom is -0.481 e. The summed E-state index contributed by atoms with van der Waals surface area (Å²) in [4.78, 5) is 10.9. The van der Waals surface area contributed by atoms with E-state index in [1.54, 1.807) is 0 Å². The molecular weight excluding hydrogens is 294 g/mol. The van der Waals surface area contributed by atoms with Crippen molar-refractivity contribution in [2.24, 2.45) is 5.92 Å². The first-order chi connectivity index (χ1) is 9.94. The molecule has 1 heterocycles. The maximum atomic E-state index is 12.4. The molecule has 1 saturated heterocycles. The molecule has 0 radical (unpaired) electrons. The quantitative estimate of drug-likeness (QED) is 0.850. The van der Waals surface area contributed by atoms with E-state index in [-0.39, 0.29) is 18.8 Å². The van der Waals surface area contributed by atoms with E-state index in [1.807, 2.05) is 30.3 Å². The fourth-order valence-electron chi connectivity index (χ4n) is 2.45. The molecule has 2 atom stereocenters. The van der Waals surface area contributed by atoms with Crippen LogP contribution in [-0.4, -0.2) is 49.8 Å². The van der Waals surface area contributed by atoms with Crippen LogP contribution in [0.2, 0.25) is 0 Å². The van der Waals surface area contributed by atoms with Gasteiger partial charge in [0.15, 0.2) is 0 Å². The minimum absolute atomic E-state index is 0.0445. The lowest BCUT2D eigenvalue weighted by Gasteiger charge is -2.21. The van der Waals surface area contributed by atoms with E-state index in [2.05, 4.69) is 0 Å². The molecule has 21 heavy (non-hydrogen) atoms. The van der Waals surface area contributed by atoms with Crippen molar-refractivity contribution in [3.05, 3.63) is 35.9 Å². The van der Waals surface area contributed by atoms with Gasteiger partial charge in [0.05, 0.1) is 17.8 Å². The summed E-state index contributed by atoms with van der Waals surface area (Å²) in [6, 6.07) is 9.12. The molecule has 7 heteroatoms. The van der Waals surface area contributed by atoms with E-state index in [9.17, 15) is 13.2 Å². The molecule has 0 spiro atoms. The van der Waals surface area contributed by atoms with Crippen molar-refractivity contribution >= 4 is 16.0 Å². The average molecular weight is 313 g/mol. The Bertz CT molecular complexity index is 587. The number of ether oxygens (including phenoxy) is 1. The van der Waals surface area contributed by atoms with Gasteiger partial charge >= 0.3 is 5.97 Å². The summed E-state index contributed by atoms with van der Waals surface area (Å²) in [6.07, 6.45) is -0.197. The molecule has 1 aromatic rings. The number of carboxylic acids is 1. The van der Waals surface area contributed by atoms with Crippen LogP contribution in [-0.2, 0) is 19.6 Å². The third kappa shape index (κ3) is 3.81. The average Bonchev–Trinajstić information content (AvgIpc) is 2.96. The zero-order valence-corrected chi connectivity index (χ0v) is 12.6. The molecule has 0 aliphatic carbocycles. The molecule has 2 rings (SSSR count). The number of hydrogen-bond donors (Lipinski definition) is 1. The van der Waals surface area contributed by atoms with Crippen LogP contribution in [0.1, 0.15) is 18.1 Å². The van der Waals surface area contributed by atoms with Gasteiger partial charge in [-0.25, -0.2) is 12.7 Å². The highest BCUT2D eigenvalue weighted by Crippen LogP contribution is 2.24. The summed E-state index contributed by atoms with van der Waals surface area (Å²) in [5, 5.41) is 8.96. The Kier molecular flexibility index (Phi) is 4.97. The lowest BCUT2D eigenvalue weighted by Crippen LogP contribution is -2.34. The van der Waals surface area contributed by atoms with E-state index in [4.69, 9.17) is 9.84 Å². The highest BCUT2D eigenvalue weighted by Gasteiger charge is 2.36. The Balaban J connectivity index is 2.08. The Hall–Kier alpha value is -1.44. The molecule has 1 N–H and O–H groups in total. The van der Waals surface area contributed by atoms with Gasteiger partial charge in [-0.1, -0.05) is 30.3 Å². The highest BCUT2D eigenvalue weighted by molar-refractivity contribution is 7.89. The van der Waals surface area contributed by atoms with E-state index in [0.717, 1.165) is 5.56 Å². The Morgan fingerprint density at radius 2 is 2.10 bits per heavy atom. The van der Waals surface area contributed by atoms with Crippen LogP contribution in [0.5, 0.6) is 0 Å². The van der Waals surface area contributed by atoms with Crippen molar-refractivity contribution in [1.29, 1.82) is 0 Å². The number of hydrogen-bond acceptors (Lipinski definition) is 4. The standard InChI is InChI=1S/C14H19NO5S/c1-20-13(11-5-3-2-4-6-11)10-21(18,19)15-8-7-12(9-15)14(16)17/h2-6,12-13H,7-10H2,1H3,(H,16,17). The van der Waals surface area contributed by atoms with E-state index in [0.29, 0.717) is 6.42 Å². The van der Waals surface area contributed by atoms with Gasteiger partial charge < -0.3 is 9.84 Å². The number of aliphatic carboxylic acids is 1. The molecule has 0 saturated carbocycles. The largest absolute Gasteiger partial charge is 0.481 e. The zero-order valence-electron chi connectivity index (χ0n) is 11.8. The van der Waals surface area contributed by atoms with Crippen LogP contribution < -0.4 is 0 Å². The molecule has 0 aromatic heterocycles. The van der Waals surface area contributed by atoms with E-state index in [1.165, 1.54) is 11.4 Å². The Morgan fingerprint density at radius 1 is 1.43 bits per heavy atom. The van der Waals surface area contributed by atoms with E-state index >= 15 is 0 Å². The number of benzene rings is 1. The molecule has 6 nitrogen and oxygen atoms in total. The molecule has 0 amide bonds. The van der Waals surface area contributed by atoms with E-state index < -0.39 is 28.0 Å². The predicted octanol–water partition coefficient (Wildman–Crippen LogP) is 1.11. The van der Waals surface area contributed by atoms with Gasteiger partial charge in [0.1, 0.15) is 0 Å². The number of carboxylic acid groups (broad SMARTS) is 1. The lowest BCUT2D eigenvalue weighted by atomic mass is 10.1. The monoisotopic (exact) mass is 313 g/mol.